The molecule has 1 heterocycles. The predicted octanol–water partition coefficient (Wildman–Crippen LogP) is -1.14. The van der Waals surface area contributed by atoms with Gasteiger partial charge in [-0.1, -0.05) is 12.7 Å². The predicted molar refractivity (Wildman–Crippen MR) is 72.5 cm³/mol. The standard InChI is InChI=1S/C10H19N5O2.ClH/c1-2-7-17-9(16)8-13-10(11)14-15-5-3-12-4-6-15;/h2,12H,1,3-8H2,(H3,11,13,14);1H. The molecule has 0 amide bonds. The number of carbonyl (C=O) groups excluding carboxylic acids is 1. The second kappa shape index (κ2) is 9.55. The van der Waals surface area contributed by atoms with Crippen molar-refractivity contribution in [2.75, 3.05) is 39.3 Å². The number of guanidine groups is 1. The minimum absolute atomic E-state index is 0. The van der Waals surface area contributed by atoms with Crippen molar-refractivity contribution < 1.29 is 9.53 Å². The first-order valence-electron chi connectivity index (χ1n) is 5.52. The molecule has 8 heteroatoms. The summed E-state index contributed by atoms with van der Waals surface area (Å²) in [7, 11) is 0. The Morgan fingerprint density at radius 3 is 2.83 bits per heavy atom. The Morgan fingerprint density at radius 2 is 2.22 bits per heavy atom. The van der Waals surface area contributed by atoms with E-state index >= 15 is 0 Å². The van der Waals surface area contributed by atoms with E-state index in [-0.39, 0.29) is 37.5 Å². The summed E-state index contributed by atoms with van der Waals surface area (Å²) < 4.78 is 4.78. The van der Waals surface area contributed by atoms with Gasteiger partial charge in [0.25, 0.3) is 0 Å². The van der Waals surface area contributed by atoms with Crippen LogP contribution >= 0.6 is 12.4 Å². The lowest BCUT2D eigenvalue weighted by atomic mass is 10.4. The number of ether oxygens (including phenoxy) is 1. The first-order valence-corrected chi connectivity index (χ1v) is 5.52. The second-order valence-electron chi connectivity index (χ2n) is 3.51. The summed E-state index contributed by atoms with van der Waals surface area (Å²) in [5.41, 5.74) is 5.63. The summed E-state index contributed by atoms with van der Waals surface area (Å²) >= 11 is 0. The average molecular weight is 278 g/mol. The molecule has 0 saturated carbocycles. The van der Waals surface area contributed by atoms with E-state index in [4.69, 9.17) is 10.5 Å². The van der Waals surface area contributed by atoms with Gasteiger partial charge >= 0.3 is 5.97 Å². The molecule has 0 aromatic heterocycles. The van der Waals surface area contributed by atoms with Crippen molar-refractivity contribution in [2.24, 2.45) is 10.8 Å². The highest BCUT2D eigenvalue weighted by Gasteiger charge is 2.08. The zero-order valence-electron chi connectivity index (χ0n) is 10.2. The summed E-state index contributed by atoms with van der Waals surface area (Å²) in [5.74, 6) is -0.161. The van der Waals surface area contributed by atoms with Gasteiger partial charge in [0.05, 0.1) is 0 Å². The van der Waals surface area contributed by atoms with E-state index in [9.17, 15) is 4.79 Å². The van der Waals surface area contributed by atoms with E-state index in [2.05, 4.69) is 22.3 Å². The van der Waals surface area contributed by atoms with E-state index in [1.165, 1.54) is 6.08 Å². The third-order valence-electron chi connectivity index (χ3n) is 2.12. The van der Waals surface area contributed by atoms with Crippen LogP contribution in [-0.4, -0.2) is 56.3 Å². The average Bonchev–Trinajstić information content (AvgIpc) is 2.35. The van der Waals surface area contributed by atoms with Crippen LogP contribution in [0.3, 0.4) is 0 Å². The summed E-state index contributed by atoms with van der Waals surface area (Å²) in [6, 6.07) is 0. The van der Waals surface area contributed by atoms with E-state index in [1.54, 1.807) is 0 Å². The van der Waals surface area contributed by atoms with Crippen LogP contribution in [-0.2, 0) is 9.53 Å². The van der Waals surface area contributed by atoms with Gasteiger partial charge in [-0.15, -0.1) is 17.5 Å². The molecule has 1 fully saturated rings. The van der Waals surface area contributed by atoms with Gasteiger partial charge in [0.2, 0.25) is 5.96 Å². The molecule has 18 heavy (non-hydrogen) atoms. The molecule has 7 nitrogen and oxygen atoms in total. The fourth-order valence-electron chi connectivity index (χ4n) is 1.31. The van der Waals surface area contributed by atoms with Gasteiger partial charge in [-0.3, -0.25) is 9.80 Å². The molecule has 0 unspecified atom stereocenters. The maximum atomic E-state index is 11.1. The van der Waals surface area contributed by atoms with E-state index in [1.807, 2.05) is 5.01 Å². The molecule has 0 bridgehead atoms. The molecule has 104 valence electrons. The van der Waals surface area contributed by atoms with E-state index < -0.39 is 0 Å². The Kier molecular flexibility index (Phi) is 8.77. The number of hydrogen-bond acceptors (Lipinski definition) is 5. The SMILES string of the molecule is C=CCOC(=O)CNC(N)=NN1CCNCC1.Cl. The van der Waals surface area contributed by atoms with Crippen molar-refractivity contribution in [1.29, 1.82) is 0 Å². The van der Waals surface area contributed by atoms with Crippen molar-refractivity contribution in [2.45, 2.75) is 0 Å². The van der Waals surface area contributed by atoms with Crippen LogP contribution in [0.2, 0.25) is 0 Å². The number of hydrogen-bond donors (Lipinski definition) is 3. The number of esters is 1. The molecule has 0 spiro atoms. The zero-order valence-corrected chi connectivity index (χ0v) is 11.0. The van der Waals surface area contributed by atoms with Gasteiger partial charge in [-0.05, 0) is 0 Å². The van der Waals surface area contributed by atoms with Crippen LogP contribution in [0.25, 0.3) is 0 Å². The number of nitrogens with one attached hydrogen (secondary N) is 2. The summed E-state index contributed by atoms with van der Waals surface area (Å²) in [6.07, 6.45) is 1.51. The molecule has 0 radical (unpaired) electrons. The minimum atomic E-state index is -0.386. The Morgan fingerprint density at radius 1 is 1.56 bits per heavy atom. The first-order chi connectivity index (χ1) is 8.22. The van der Waals surface area contributed by atoms with Crippen molar-refractivity contribution in [3.05, 3.63) is 12.7 Å². The van der Waals surface area contributed by atoms with E-state index in [0.29, 0.717) is 0 Å². The molecule has 0 aromatic rings. The number of piperazine rings is 1. The minimum Gasteiger partial charge on any atom is -0.460 e. The monoisotopic (exact) mass is 277 g/mol. The smallest absolute Gasteiger partial charge is 0.325 e. The summed E-state index contributed by atoms with van der Waals surface area (Å²) in [5, 5.41) is 11.9. The lowest BCUT2D eigenvalue weighted by Gasteiger charge is -2.24. The molecule has 0 aliphatic carbocycles. The fraction of sp³-hybridized carbons (Fsp3) is 0.600. The number of halogens is 1. The molecule has 1 rings (SSSR count). The zero-order chi connectivity index (χ0) is 12.5. The number of carbonyl (C=O) groups is 1. The van der Waals surface area contributed by atoms with Crippen LogP contribution in [0.5, 0.6) is 0 Å². The van der Waals surface area contributed by atoms with Crippen molar-refractivity contribution >= 4 is 24.3 Å². The molecular weight excluding hydrogens is 258 g/mol. The van der Waals surface area contributed by atoms with Gasteiger partial charge in [0.1, 0.15) is 13.2 Å². The molecule has 0 atom stereocenters. The van der Waals surface area contributed by atoms with Crippen molar-refractivity contribution in [1.82, 2.24) is 15.6 Å². The Labute approximate surface area is 113 Å². The third-order valence-corrected chi connectivity index (χ3v) is 2.12. The van der Waals surface area contributed by atoms with E-state index in [0.717, 1.165) is 26.2 Å². The highest BCUT2D eigenvalue weighted by molar-refractivity contribution is 5.85. The van der Waals surface area contributed by atoms with Gasteiger partial charge < -0.3 is 21.1 Å². The second-order valence-corrected chi connectivity index (χ2v) is 3.51. The lowest BCUT2D eigenvalue weighted by Crippen LogP contribution is -2.44. The molecular formula is C10H20ClN5O2. The van der Waals surface area contributed by atoms with Crippen LogP contribution in [0, 0.1) is 0 Å². The molecule has 4 N–H and O–H groups in total. The van der Waals surface area contributed by atoms with Gasteiger partial charge in [0, 0.05) is 26.2 Å². The maximum Gasteiger partial charge on any atom is 0.325 e. The number of rotatable bonds is 5. The molecule has 0 aromatic carbocycles. The summed E-state index contributed by atoms with van der Waals surface area (Å²) in [4.78, 5) is 11.1. The van der Waals surface area contributed by atoms with Crippen LogP contribution in [0.1, 0.15) is 0 Å². The first kappa shape index (κ1) is 16.5. The number of hydrazone groups is 1. The number of nitrogens with two attached hydrogens (primary N) is 1. The van der Waals surface area contributed by atoms with Crippen molar-refractivity contribution in [3.63, 3.8) is 0 Å². The normalized spacial score (nSPS) is 15.6. The lowest BCUT2D eigenvalue weighted by molar-refractivity contribution is -0.141. The Balaban J connectivity index is 0.00000289. The fourth-order valence-corrected chi connectivity index (χ4v) is 1.31. The highest BCUT2D eigenvalue weighted by atomic mass is 35.5. The quantitative estimate of drug-likeness (QED) is 0.255. The van der Waals surface area contributed by atoms with Gasteiger partial charge in [0.15, 0.2) is 0 Å². The van der Waals surface area contributed by atoms with Gasteiger partial charge in [-0.25, -0.2) is 0 Å². The molecule has 1 aliphatic rings. The number of nitrogens with zero attached hydrogens (tertiary/aromatic N) is 2. The largest absolute Gasteiger partial charge is 0.460 e. The topological polar surface area (TPSA) is 92.0 Å². The maximum absolute atomic E-state index is 11.1. The highest BCUT2D eigenvalue weighted by Crippen LogP contribution is 1.91. The summed E-state index contributed by atoms with van der Waals surface area (Å²) in [6.45, 7) is 7.05. The van der Waals surface area contributed by atoms with Crippen LogP contribution in [0.15, 0.2) is 17.8 Å². The third kappa shape index (κ3) is 6.97. The van der Waals surface area contributed by atoms with Crippen LogP contribution < -0.4 is 16.4 Å². The van der Waals surface area contributed by atoms with Gasteiger partial charge in [-0.2, -0.15) is 0 Å². The Hall–Kier alpha value is -1.47. The molecule has 1 aliphatic heterocycles. The molecule has 1 saturated heterocycles. The van der Waals surface area contributed by atoms with Crippen molar-refractivity contribution in [3.8, 4) is 0 Å². The Bertz CT molecular complexity index is 292. The van der Waals surface area contributed by atoms with Crippen LogP contribution in [0.4, 0.5) is 0 Å².